The van der Waals surface area contributed by atoms with Gasteiger partial charge < -0.3 is 5.32 Å². The molecule has 0 aliphatic rings. The minimum Gasteiger partial charge on any atom is -0.307 e. The molecule has 0 saturated carbocycles. The van der Waals surface area contributed by atoms with Gasteiger partial charge in [-0.2, -0.15) is 13.2 Å². The fraction of sp³-hybridized carbons (Fsp3) is 0.333. The summed E-state index contributed by atoms with van der Waals surface area (Å²) in [5.41, 5.74) is 0.431. The first-order chi connectivity index (χ1) is 8.98. The summed E-state index contributed by atoms with van der Waals surface area (Å²) < 4.78 is 39.9. The van der Waals surface area contributed by atoms with Crippen LogP contribution >= 0.6 is 0 Å². The van der Waals surface area contributed by atoms with Crippen LogP contribution in [0.15, 0.2) is 30.5 Å². The van der Waals surface area contributed by atoms with Crippen LogP contribution < -0.4 is 5.32 Å². The van der Waals surface area contributed by atoms with Crippen molar-refractivity contribution in [1.29, 1.82) is 0 Å². The van der Waals surface area contributed by atoms with Crippen LogP contribution in [0.5, 0.6) is 0 Å². The first kappa shape index (κ1) is 13.5. The lowest BCUT2D eigenvalue weighted by Gasteiger charge is -2.13. The molecule has 2 rings (SSSR count). The number of alkyl halides is 3. The number of aryl methyl sites for hydroxylation is 1. The van der Waals surface area contributed by atoms with Crippen LogP contribution in [0.2, 0.25) is 0 Å². The number of nitrogens with one attached hydrogen (secondary N) is 1. The SMILES string of the molecule is Cn1nncc1CNCc1ccccc1C(F)(F)F. The van der Waals surface area contributed by atoms with E-state index in [0.29, 0.717) is 6.54 Å². The Morgan fingerprint density at radius 2 is 1.95 bits per heavy atom. The first-order valence-corrected chi connectivity index (χ1v) is 5.68. The van der Waals surface area contributed by atoms with Gasteiger partial charge >= 0.3 is 6.18 Å². The van der Waals surface area contributed by atoms with Crippen molar-refractivity contribution in [3.63, 3.8) is 0 Å². The van der Waals surface area contributed by atoms with Gasteiger partial charge in [-0.3, -0.25) is 4.68 Å². The number of aromatic nitrogens is 3. The number of benzene rings is 1. The molecule has 1 N–H and O–H groups in total. The Morgan fingerprint density at radius 3 is 2.58 bits per heavy atom. The Bertz CT molecular complexity index is 548. The number of hydrogen-bond donors (Lipinski definition) is 1. The Kier molecular flexibility index (Phi) is 3.84. The average molecular weight is 270 g/mol. The largest absolute Gasteiger partial charge is 0.416 e. The molecular formula is C12H13F3N4. The van der Waals surface area contributed by atoms with Gasteiger partial charge in [-0.05, 0) is 11.6 Å². The van der Waals surface area contributed by atoms with Crippen LogP contribution in [0.4, 0.5) is 13.2 Å². The standard InChI is InChI=1S/C12H13F3N4/c1-19-10(8-17-18-19)7-16-6-9-4-2-3-5-11(9)12(13,14)15/h2-5,8,16H,6-7H2,1H3. The normalized spacial score (nSPS) is 11.8. The molecule has 102 valence electrons. The quantitative estimate of drug-likeness (QED) is 0.925. The van der Waals surface area contributed by atoms with Crippen LogP contribution in [0.25, 0.3) is 0 Å². The van der Waals surface area contributed by atoms with Crippen LogP contribution in [-0.2, 0) is 26.3 Å². The summed E-state index contributed by atoms with van der Waals surface area (Å²) in [5, 5.41) is 10.4. The minimum absolute atomic E-state index is 0.140. The van der Waals surface area contributed by atoms with Crippen molar-refractivity contribution in [3.05, 3.63) is 47.3 Å². The van der Waals surface area contributed by atoms with Crippen LogP contribution in [-0.4, -0.2) is 15.0 Å². The van der Waals surface area contributed by atoms with E-state index < -0.39 is 11.7 Å². The molecule has 0 aliphatic carbocycles. The Morgan fingerprint density at radius 1 is 1.21 bits per heavy atom. The molecule has 1 heterocycles. The van der Waals surface area contributed by atoms with Crippen molar-refractivity contribution in [2.45, 2.75) is 19.3 Å². The van der Waals surface area contributed by atoms with E-state index in [1.165, 1.54) is 12.1 Å². The smallest absolute Gasteiger partial charge is 0.307 e. The number of nitrogens with zero attached hydrogens (tertiary/aromatic N) is 3. The van der Waals surface area contributed by atoms with Crippen molar-refractivity contribution in [1.82, 2.24) is 20.3 Å². The molecule has 0 bridgehead atoms. The lowest BCUT2D eigenvalue weighted by Crippen LogP contribution is -2.18. The number of hydrogen-bond acceptors (Lipinski definition) is 3. The van der Waals surface area contributed by atoms with Gasteiger partial charge in [0.25, 0.3) is 0 Å². The van der Waals surface area contributed by atoms with E-state index in [1.807, 2.05) is 0 Å². The molecule has 2 aromatic rings. The molecule has 0 spiro atoms. The molecule has 0 atom stereocenters. The fourth-order valence-corrected chi connectivity index (χ4v) is 1.75. The van der Waals surface area contributed by atoms with E-state index in [9.17, 15) is 13.2 Å². The second-order valence-electron chi connectivity index (χ2n) is 4.11. The number of rotatable bonds is 4. The van der Waals surface area contributed by atoms with Crippen LogP contribution in [0.1, 0.15) is 16.8 Å². The van der Waals surface area contributed by atoms with Crippen molar-refractivity contribution in [2.24, 2.45) is 7.05 Å². The maximum atomic E-state index is 12.8. The van der Waals surface area contributed by atoms with Crippen molar-refractivity contribution in [2.75, 3.05) is 0 Å². The molecule has 1 aromatic heterocycles. The molecule has 0 saturated heterocycles. The zero-order valence-corrected chi connectivity index (χ0v) is 10.3. The second-order valence-corrected chi connectivity index (χ2v) is 4.11. The van der Waals surface area contributed by atoms with Crippen LogP contribution in [0.3, 0.4) is 0 Å². The fourth-order valence-electron chi connectivity index (χ4n) is 1.75. The van der Waals surface area contributed by atoms with Gasteiger partial charge in [0.05, 0.1) is 17.5 Å². The topological polar surface area (TPSA) is 42.7 Å². The summed E-state index contributed by atoms with van der Waals surface area (Å²) in [6, 6.07) is 5.54. The van der Waals surface area contributed by atoms with Gasteiger partial charge in [0, 0.05) is 20.1 Å². The van der Waals surface area contributed by atoms with Gasteiger partial charge in [-0.25, -0.2) is 0 Å². The molecule has 0 radical (unpaired) electrons. The van der Waals surface area contributed by atoms with E-state index in [-0.39, 0.29) is 12.1 Å². The van der Waals surface area contributed by atoms with E-state index in [0.717, 1.165) is 11.8 Å². The van der Waals surface area contributed by atoms with E-state index >= 15 is 0 Å². The van der Waals surface area contributed by atoms with E-state index in [2.05, 4.69) is 15.6 Å². The number of halogens is 3. The maximum absolute atomic E-state index is 12.8. The van der Waals surface area contributed by atoms with Crippen LogP contribution in [0, 0.1) is 0 Å². The van der Waals surface area contributed by atoms with E-state index in [4.69, 9.17) is 0 Å². The summed E-state index contributed by atoms with van der Waals surface area (Å²) >= 11 is 0. The van der Waals surface area contributed by atoms with Gasteiger partial charge in [0.15, 0.2) is 0 Å². The van der Waals surface area contributed by atoms with E-state index in [1.54, 1.807) is 24.0 Å². The highest BCUT2D eigenvalue weighted by Crippen LogP contribution is 2.31. The predicted octanol–water partition coefficient (Wildman–Crippen LogP) is 2.12. The highest BCUT2D eigenvalue weighted by molar-refractivity contribution is 5.29. The lowest BCUT2D eigenvalue weighted by molar-refractivity contribution is -0.138. The highest BCUT2D eigenvalue weighted by Gasteiger charge is 2.32. The molecule has 19 heavy (non-hydrogen) atoms. The maximum Gasteiger partial charge on any atom is 0.416 e. The molecular weight excluding hydrogens is 257 g/mol. The highest BCUT2D eigenvalue weighted by atomic mass is 19.4. The van der Waals surface area contributed by atoms with Crippen molar-refractivity contribution >= 4 is 0 Å². The Labute approximate surface area is 108 Å². The predicted molar refractivity (Wildman–Crippen MR) is 63.0 cm³/mol. The summed E-state index contributed by atoms with van der Waals surface area (Å²) in [5.74, 6) is 0. The summed E-state index contributed by atoms with van der Waals surface area (Å²) in [6.45, 7) is 0.552. The third-order valence-corrected chi connectivity index (χ3v) is 2.75. The summed E-state index contributed by atoms with van der Waals surface area (Å²) in [6.07, 6.45) is -2.75. The average Bonchev–Trinajstić information content (AvgIpc) is 2.75. The molecule has 0 unspecified atom stereocenters. The molecule has 0 fully saturated rings. The summed E-state index contributed by atoms with van der Waals surface area (Å²) in [7, 11) is 1.73. The first-order valence-electron chi connectivity index (χ1n) is 5.68. The van der Waals surface area contributed by atoms with Gasteiger partial charge in [-0.15, -0.1) is 5.10 Å². The van der Waals surface area contributed by atoms with Gasteiger partial charge in [0.1, 0.15) is 0 Å². The minimum atomic E-state index is -4.33. The summed E-state index contributed by atoms with van der Waals surface area (Å²) in [4.78, 5) is 0. The van der Waals surface area contributed by atoms with Gasteiger partial charge in [-0.1, -0.05) is 23.4 Å². The van der Waals surface area contributed by atoms with Gasteiger partial charge in [0.2, 0.25) is 0 Å². The Hall–Kier alpha value is -1.89. The zero-order chi connectivity index (χ0) is 13.9. The third-order valence-electron chi connectivity index (χ3n) is 2.75. The lowest BCUT2D eigenvalue weighted by atomic mass is 10.1. The molecule has 0 aliphatic heterocycles. The molecule has 0 amide bonds. The monoisotopic (exact) mass is 270 g/mol. The molecule has 4 nitrogen and oxygen atoms in total. The zero-order valence-electron chi connectivity index (χ0n) is 10.3. The Balaban J connectivity index is 2.02. The second kappa shape index (κ2) is 5.40. The molecule has 1 aromatic carbocycles. The van der Waals surface area contributed by atoms with Crippen molar-refractivity contribution < 1.29 is 13.2 Å². The van der Waals surface area contributed by atoms with Crippen molar-refractivity contribution in [3.8, 4) is 0 Å². The molecule has 7 heteroatoms. The third kappa shape index (κ3) is 3.31.